The van der Waals surface area contributed by atoms with Crippen LogP contribution in [0.4, 0.5) is 14.9 Å². The summed E-state index contributed by atoms with van der Waals surface area (Å²) in [6, 6.07) is 2.78. The molecule has 0 unspecified atom stereocenters. The molecule has 3 N–H and O–H groups in total. The molecular weight excluding hydrogens is 437 g/mol. The van der Waals surface area contributed by atoms with Gasteiger partial charge in [-0.15, -0.1) is 0 Å². The predicted molar refractivity (Wildman–Crippen MR) is 131 cm³/mol. The molecule has 3 heterocycles. The maximum atomic E-state index is 14.6. The molecule has 0 bridgehead atoms. The number of carbonyl (C=O) groups is 1. The monoisotopic (exact) mass is 471 g/mol. The molecule has 4 rings (SSSR count). The number of piperidine rings is 1. The van der Waals surface area contributed by atoms with Gasteiger partial charge in [0.1, 0.15) is 5.69 Å². The molecule has 3 aromatic rings. The summed E-state index contributed by atoms with van der Waals surface area (Å²) >= 11 is 0. The molecule has 10 heteroatoms. The first-order valence-electron chi connectivity index (χ1n) is 12.2. The van der Waals surface area contributed by atoms with E-state index in [2.05, 4.69) is 30.4 Å². The molecule has 0 atom stereocenters. The lowest BCUT2D eigenvalue weighted by molar-refractivity contribution is 0.215. The van der Waals surface area contributed by atoms with Crippen LogP contribution < -0.4 is 10.1 Å². The topological polar surface area (TPSA) is 102 Å². The summed E-state index contributed by atoms with van der Waals surface area (Å²) in [6.45, 7) is 8.94. The Morgan fingerprint density at radius 2 is 2.00 bits per heavy atom. The molecular formula is C24H34FN7O2. The number of nitrogens with zero attached hydrogens (tertiary/aromatic N) is 4. The number of fused-ring (bicyclic) bond motifs is 1. The van der Waals surface area contributed by atoms with Gasteiger partial charge >= 0.3 is 6.03 Å². The fourth-order valence-electron chi connectivity index (χ4n) is 4.31. The number of ether oxygens (including phenoxy) is 1. The van der Waals surface area contributed by atoms with E-state index < -0.39 is 5.82 Å². The van der Waals surface area contributed by atoms with E-state index >= 15 is 0 Å². The third kappa shape index (κ3) is 5.67. The van der Waals surface area contributed by atoms with E-state index in [0.29, 0.717) is 47.9 Å². The van der Waals surface area contributed by atoms with Gasteiger partial charge in [0, 0.05) is 25.2 Å². The quantitative estimate of drug-likeness (QED) is 0.375. The zero-order valence-electron chi connectivity index (χ0n) is 20.0. The van der Waals surface area contributed by atoms with Crippen molar-refractivity contribution in [2.24, 2.45) is 0 Å². The minimum absolute atomic E-state index is 0.197. The van der Waals surface area contributed by atoms with Crippen LogP contribution in [0.5, 0.6) is 5.75 Å². The average molecular weight is 472 g/mol. The van der Waals surface area contributed by atoms with Crippen molar-refractivity contribution in [1.29, 1.82) is 0 Å². The Labute approximate surface area is 199 Å². The van der Waals surface area contributed by atoms with Crippen LogP contribution in [0.1, 0.15) is 46.0 Å². The van der Waals surface area contributed by atoms with E-state index in [0.717, 1.165) is 19.4 Å². The number of imidazole rings is 1. The van der Waals surface area contributed by atoms with Crippen molar-refractivity contribution < 1.29 is 13.9 Å². The molecule has 1 aromatic carbocycles. The Hall–Kier alpha value is -3.14. The van der Waals surface area contributed by atoms with Gasteiger partial charge in [-0.05, 0) is 59.2 Å². The third-order valence-electron chi connectivity index (χ3n) is 6.28. The largest absolute Gasteiger partial charge is 0.490 e. The zero-order chi connectivity index (χ0) is 23.9. The Balaban J connectivity index is 1.39. The lowest BCUT2D eigenvalue weighted by Gasteiger charge is -2.26. The van der Waals surface area contributed by atoms with Gasteiger partial charge in [0.25, 0.3) is 0 Å². The van der Waals surface area contributed by atoms with Crippen LogP contribution in [0.2, 0.25) is 0 Å². The first-order chi connectivity index (χ1) is 16.6. The van der Waals surface area contributed by atoms with E-state index in [-0.39, 0.29) is 11.8 Å². The smallest absolute Gasteiger partial charge is 0.321 e. The second kappa shape index (κ2) is 11.3. The number of rotatable bonds is 10. The summed E-state index contributed by atoms with van der Waals surface area (Å²) in [6.07, 6.45) is 7.36. The fraction of sp³-hybridized carbons (Fsp3) is 0.542. The average Bonchev–Trinajstić information content (AvgIpc) is 3.46. The Morgan fingerprint density at radius 1 is 1.21 bits per heavy atom. The highest BCUT2D eigenvalue weighted by molar-refractivity contribution is 5.93. The van der Waals surface area contributed by atoms with Gasteiger partial charge in [-0.1, -0.05) is 6.42 Å². The number of benzene rings is 1. The summed E-state index contributed by atoms with van der Waals surface area (Å²) in [5.74, 6) is 0.224. The summed E-state index contributed by atoms with van der Waals surface area (Å²) in [5, 5.41) is 9.75. The van der Waals surface area contributed by atoms with Gasteiger partial charge in [0.15, 0.2) is 17.4 Å². The number of aromatic nitrogens is 4. The van der Waals surface area contributed by atoms with Gasteiger partial charge in [-0.25, -0.2) is 14.2 Å². The lowest BCUT2D eigenvalue weighted by Crippen LogP contribution is -2.34. The van der Waals surface area contributed by atoms with Crippen LogP contribution >= 0.6 is 0 Å². The molecule has 0 aliphatic carbocycles. The van der Waals surface area contributed by atoms with Crippen LogP contribution in [0.3, 0.4) is 0 Å². The van der Waals surface area contributed by atoms with E-state index in [1.54, 1.807) is 11.0 Å². The van der Waals surface area contributed by atoms with Gasteiger partial charge in [-0.2, -0.15) is 5.10 Å². The molecule has 9 nitrogen and oxygen atoms in total. The Kier molecular flexibility index (Phi) is 7.99. The van der Waals surface area contributed by atoms with E-state index in [1.165, 1.54) is 44.6 Å². The maximum Gasteiger partial charge on any atom is 0.321 e. The van der Waals surface area contributed by atoms with E-state index in [1.807, 2.05) is 13.8 Å². The molecule has 1 saturated heterocycles. The van der Waals surface area contributed by atoms with Crippen LogP contribution in [0.25, 0.3) is 22.6 Å². The van der Waals surface area contributed by atoms with Crippen LogP contribution in [-0.2, 0) is 0 Å². The Morgan fingerprint density at radius 3 is 2.76 bits per heavy atom. The maximum absolute atomic E-state index is 14.6. The standard InChI is InChI=1S/C24H34FN7O2/c1-3-32(4-2)24(33)29-20-16-26-30-22(20)23-27-18-14-17(25)21(15-19(18)28-23)34-13-9-8-12-31-10-6-5-7-11-31/h14-16H,3-13H2,1-2H3,(H,26,30)(H,27,28)(H,29,33). The second-order valence-electron chi connectivity index (χ2n) is 8.60. The van der Waals surface area contributed by atoms with Crippen molar-refractivity contribution in [2.45, 2.75) is 46.0 Å². The van der Waals surface area contributed by atoms with Crippen molar-refractivity contribution >= 4 is 22.8 Å². The minimum atomic E-state index is -0.432. The molecule has 1 fully saturated rings. The number of urea groups is 1. The summed E-state index contributed by atoms with van der Waals surface area (Å²) in [5.41, 5.74) is 2.15. The highest BCUT2D eigenvalue weighted by Crippen LogP contribution is 2.29. The van der Waals surface area contributed by atoms with Crippen LogP contribution in [0.15, 0.2) is 18.3 Å². The highest BCUT2D eigenvalue weighted by Gasteiger charge is 2.18. The number of anilines is 1. The van der Waals surface area contributed by atoms with Gasteiger partial charge in [0.05, 0.1) is 29.5 Å². The molecule has 34 heavy (non-hydrogen) atoms. The first kappa shape index (κ1) is 24.0. The number of hydrogen-bond acceptors (Lipinski definition) is 5. The summed E-state index contributed by atoms with van der Waals surface area (Å²) in [7, 11) is 0. The number of aromatic amines is 2. The van der Waals surface area contributed by atoms with Crippen LogP contribution in [-0.4, -0.2) is 75.3 Å². The molecule has 0 spiro atoms. The molecule has 1 aliphatic rings. The van der Waals surface area contributed by atoms with E-state index in [9.17, 15) is 9.18 Å². The fourth-order valence-corrected chi connectivity index (χ4v) is 4.31. The van der Waals surface area contributed by atoms with Crippen molar-refractivity contribution in [3.63, 3.8) is 0 Å². The number of nitrogens with one attached hydrogen (secondary N) is 3. The van der Waals surface area contributed by atoms with Gasteiger partial charge < -0.3 is 24.8 Å². The first-order valence-corrected chi connectivity index (χ1v) is 12.2. The molecule has 2 aromatic heterocycles. The minimum Gasteiger partial charge on any atom is -0.490 e. The number of amides is 2. The van der Waals surface area contributed by atoms with Crippen molar-refractivity contribution in [1.82, 2.24) is 30.0 Å². The predicted octanol–water partition coefficient (Wildman–Crippen LogP) is 4.61. The molecule has 0 radical (unpaired) electrons. The second-order valence-corrected chi connectivity index (χ2v) is 8.60. The number of hydrogen-bond donors (Lipinski definition) is 3. The molecule has 0 saturated carbocycles. The molecule has 184 valence electrons. The normalized spacial score (nSPS) is 14.4. The number of unbranched alkanes of at least 4 members (excludes halogenated alkanes) is 1. The summed E-state index contributed by atoms with van der Waals surface area (Å²) in [4.78, 5) is 24.3. The van der Waals surface area contributed by atoms with Gasteiger partial charge in [-0.3, -0.25) is 5.10 Å². The van der Waals surface area contributed by atoms with Crippen molar-refractivity contribution in [3.05, 3.63) is 24.1 Å². The lowest BCUT2D eigenvalue weighted by atomic mass is 10.1. The number of halogens is 1. The van der Waals surface area contributed by atoms with Crippen molar-refractivity contribution in [3.8, 4) is 17.3 Å². The molecule has 2 amide bonds. The Bertz CT molecular complexity index is 1090. The third-order valence-corrected chi connectivity index (χ3v) is 6.28. The molecule has 1 aliphatic heterocycles. The van der Waals surface area contributed by atoms with Crippen molar-refractivity contribution in [2.75, 3.05) is 44.6 Å². The van der Waals surface area contributed by atoms with E-state index in [4.69, 9.17) is 4.74 Å². The van der Waals surface area contributed by atoms with Crippen LogP contribution in [0, 0.1) is 5.82 Å². The summed E-state index contributed by atoms with van der Waals surface area (Å²) < 4.78 is 20.4. The van der Waals surface area contributed by atoms with Gasteiger partial charge in [0.2, 0.25) is 0 Å². The number of carbonyl (C=O) groups excluding carboxylic acids is 1. The highest BCUT2D eigenvalue weighted by atomic mass is 19.1. The number of likely N-dealkylation sites (tertiary alicyclic amines) is 1. The number of H-pyrrole nitrogens is 2. The zero-order valence-corrected chi connectivity index (χ0v) is 20.0. The SMILES string of the molecule is CCN(CC)C(=O)Nc1cn[nH]c1-c1nc2cc(OCCCCN3CCCCC3)c(F)cc2[nH]1.